The van der Waals surface area contributed by atoms with E-state index < -0.39 is 0 Å². The van der Waals surface area contributed by atoms with Crippen molar-refractivity contribution >= 4 is 15.9 Å². The highest BCUT2D eigenvalue weighted by atomic mass is 79.9. The summed E-state index contributed by atoms with van der Waals surface area (Å²) in [6.45, 7) is 0. The zero-order valence-electron chi connectivity index (χ0n) is 14.4. The van der Waals surface area contributed by atoms with Gasteiger partial charge in [0, 0.05) is 11.8 Å². The molecule has 0 amide bonds. The summed E-state index contributed by atoms with van der Waals surface area (Å²) < 4.78 is 12.9. The minimum absolute atomic E-state index is 0.662. The van der Waals surface area contributed by atoms with Crippen molar-refractivity contribution in [3.63, 3.8) is 0 Å². The molecule has 0 unspecified atom stereocenters. The second kappa shape index (κ2) is 8.06. The van der Waals surface area contributed by atoms with Gasteiger partial charge in [-0.15, -0.1) is 0 Å². The minimum Gasteiger partial charge on any atom is -0.456 e. The van der Waals surface area contributed by atoms with Crippen LogP contribution < -0.4 is 9.47 Å². The Labute approximate surface area is 166 Å². The fourth-order valence-electron chi connectivity index (χ4n) is 2.63. The maximum absolute atomic E-state index is 6.10. The van der Waals surface area contributed by atoms with Gasteiger partial charge in [-0.2, -0.15) is 0 Å². The number of halogens is 1. The van der Waals surface area contributed by atoms with Crippen molar-refractivity contribution in [2.24, 2.45) is 0 Å². The molecule has 0 aliphatic heterocycles. The van der Waals surface area contributed by atoms with Gasteiger partial charge in [0.15, 0.2) is 0 Å². The zero-order valence-corrected chi connectivity index (χ0v) is 16.0. The van der Waals surface area contributed by atoms with Crippen LogP contribution in [-0.4, -0.2) is 4.98 Å². The zero-order chi connectivity index (χ0) is 18.5. The van der Waals surface area contributed by atoms with Gasteiger partial charge < -0.3 is 9.47 Å². The Hall–Kier alpha value is -3.11. The third kappa shape index (κ3) is 4.18. The third-order valence-corrected chi connectivity index (χ3v) is 4.69. The van der Waals surface area contributed by atoms with Gasteiger partial charge in [-0.25, -0.2) is 0 Å². The molecule has 0 spiro atoms. The molecule has 4 heteroatoms. The lowest BCUT2D eigenvalue weighted by atomic mass is 10.1. The molecule has 0 atom stereocenters. The van der Waals surface area contributed by atoms with Gasteiger partial charge in [-0.3, -0.25) is 4.98 Å². The molecule has 0 radical (unpaired) electrons. The van der Waals surface area contributed by atoms with Crippen molar-refractivity contribution in [3.05, 3.63) is 102 Å². The number of hydrogen-bond donors (Lipinski definition) is 0. The van der Waals surface area contributed by atoms with Crippen LogP contribution in [0.4, 0.5) is 0 Å². The number of aromatic nitrogens is 1. The summed E-state index contributed by atoms with van der Waals surface area (Å²) in [6.07, 6.45) is 1.77. The third-order valence-electron chi connectivity index (χ3n) is 3.91. The fourth-order valence-corrected chi connectivity index (χ4v) is 3.02. The van der Waals surface area contributed by atoms with Crippen LogP contribution in [0.25, 0.3) is 11.3 Å². The molecule has 3 nitrogen and oxygen atoms in total. The molecule has 4 aromatic rings. The van der Waals surface area contributed by atoms with E-state index in [9.17, 15) is 0 Å². The normalized spacial score (nSPS) is 10.4. The number of para-hydroxylation sites is 2. The van der Waals surface area contributed by atoms with Crippen LogP contribution >= 0.6 is 15.9 Å². The highest BCUT2D eigenvalue weighted by Gasteiger charge is 2.14. The summed E-state index contributed by atoms with van der Waals surface area (Å²) >= 11 is 3.63. The first-order chi connectivity index (χ1) is 13.3. The monoisotopic (exact) mass is 417 g/mol. The summed E-state index contributed by atoms with van der Waals surface area (Å²) in [7, 11) is 0. The lowest BCUT2D eigenvalue weighted by molar-refractivity contribution is 0.455. The molecular weight excluding hydrogens is 402 g/mol. The largest absolute Gasteiger partial charge is 0.456 e. The summed E-state index contributed by atoms with van der Waals surface area (Å²) in [5.41, 5.74) is 1.76. The average Bonchev–Trinajstić information content (AvgIpc) is 2.73. The van der Waals surface area contributed by atoms with Crippen LogP contribution in [0.1, 0.15) is 0 Å². The molecule has 1 aromatic heterocycles. The van der Waals surface area contributed by atoms with E-state index in [1.165, 1.54) is 0 Å². The quantitative estimate of drug-likeness (QED) is 0.347. The number of pyridine rings is 1. The minimum atomic E-state index is 0.662. The van der Waals surface area contributed by atoms with Crippen molar-refractivity contribution in [1.29, 1.82) is 0 Å². The summed E-state index contributed by atoms with van der Waals surface area (Å²) in [5.74, 6) is 2.83. The smallest absolute Gasteiger partial charge is 0.146 e. The van der Waals surface area contributed by atoms with Gasteiger partial charge in [0.1, 0.15) is 27.5 Å². The Morgan fingerprint density at radius 3 is 1.63 bits per heavy atom. The Balaban J connectivity index is 1.78. The number of ether oxygens (including phenoxy) is 2. The molecule has 0 N–H and O–H groups in total. The standard InChI is InChI=1S/C23H16BrNO2/c24-23-21(26-18-9-3-1-4-10-18)15-17(20-13-7-8-14-25-20)16-22(23)27-19-11-5-2-6-12-19/h1-16H. The number of benzene rings is 3. The molecular formula is C23H16BrNO2. The molecule has 27 heavy (non-hydrogen) atoms. The first kappa shape index (κ1) is 17.3. The predicted molar refractivity (Wildman–Crippen MR) is 110 cm³/mol. The van der Waals surface area contributed by atoms with E-state index in [0.717, 1.165) is 27.2 Å². The number of rotatable bonds is 5. The number of nitrogens with zero attached hydrogens (tertiary/aromatic N) is 1. The van der Waals surface area contributed by atoms with Crippen molar-refractivity contribution in [2.45, 2.75) is 0 Å². The van der Waals surface area contributed by atoms with E-state index in [2.05, 4.69) is 20.9 Å². The molecule has 4 rings (SSSR count). The van der Waals surface area contributed by atoms with E-state index in [1.54, 1.807) is 6.20 Å². The average molecular weight is 418 g/mol. The first-order valence-electron chi connectivity index (χ1n) is 8.50. The highest BCUT2D eigenvalue weighted by molar-refractivity contribution is 9.10. The summed E-state index contributed by atoms with van der Waals surface area (Å²) in [6, 6.07) is 29.0. The number of hydrogen-bond acceptors (Lipinski definition) is 3. The molecule has 3 aromatic carbocycles. The molecule has 0 bridgehead atoms. The Morgan fingerprint density at radius 2 is 1.15 bits per heavy atom. The van der Waals surface area contributed by atoms with E-state index >= 15 is 0 Å². The van der Waals surface area contributed by atoms with Gasteiger partial charge in [0.2, 0.25) is 0 Å². The van der Waals surface area contributed by atoms with Crippen molar-refractivity contribution < 1.29 is 9.47 Å². The van der Waals surface area contributed by atoms with Gasteiger partial charge in [0.25, 0.3) is 0 Å². The van der Waals surface area contributed by atoms with Gasteiger partial charge in [0.05, 0.1) is 5.69 Å². The first-order valence-corrected chi connectivity index (χ1v) is 9.30. The maximum Gasteiger partial charge on any atom is 0.146 e. The summed E-state index contributed by atoms with van der Waals surface area (Å²) in [4.78, 5) is 4.45. The van der Waals surface area contributed by atoms with Crippen LogP contribution in [0.2, 0.25) is 0 Å². The van der Waals surface area contributed by atoms with E-state index in [1.807, 2.05) is 91.0 Å². The molecule has 132 valence electrons. The van der Waals surface area contributed by atoms with Crippen molar-refractivity contribution in [1.82, 2.24) is 4.98 Å². The summed E-state index contributed by atoms with van der Waals surface area (Å²) in [5, 5.41) is 0. The van der Waals surface area contributed by atoms with E-state index in [-0.39, 0.29) is 0 Å². The molecule has 0 aliphatic carbocycles. The van der Waals surface area contributed by atoms with Crippen LogP contribution in [0, 0.1) is 0 Å². The van der Waals surface area contributed by atoms with Crippen molar-refractivity contribution in [2.75, 3.05) is 0 Å². The molecule has 0 saturated carbocycles. The van der Waals surface area contributed by atoms with E-state index in [0.29, 0.717) is 11.5 Å². The SMILES string of the molecule is Brc1c(Oc2ccccc2)cc(-c2ccccn2)cc1Oc1ccccc1. The van der Waals surface area contributed by atoms with Crippen LogP contribution in [-0.2, 0) is 0 Å². The van der Waals surface area contributed by atoms with Crippen LogP contribution in [0.15, 0.2) is 102 Å². The second-order valence-electron chi connectivity index (χ2n) is 5.83. The second-order valence-corrected chi connectivity index (χ2v) is 6.62. The lowest BCUT2D eigenvalue weighted by Gasteiger charge is -2.15. The topological polar surface area (TPSA) is 31.4 Å². The molecule has 1 heterocycles. The Kier molecular flexibility index (Phi) is 5.17. The van der Waals surface area contributed by atoms with Gasteiger partial charge in [-0.05, 0) is 64.5 Å². The molecule has 0 aliphatic rings. The fraction of sp³-hybridized carbons (Fsp3) is 0. The van der Waals surface area contributed by atoms with Gasteiger partial charge >= 0.3 is 0 Å². The maximum atomic E-state index is 6.10. The predicted octanol–water partition coefficient (Wildman–Crippen LogP) is 7.10. The lowest BCUT2D eigenvalue weighted by Crippen LogP contribution is -1.92. The molecule has 0 saturated heterocycles. The van der Waals surface area contributed by atoms with Crippen LogP contribution in [0.3, 0.4) is 0 Å². The highest BCUT2D eigenvalue weighted by Crippen LogP contribution is 2.42. The van der Waals surface area contributed by atoms with Crippen molar-refractivity contribution in [3.8, 4) is 34.3 Å². The van der Waals surface area contributed by atoms with Gasteiger partial charge in [-0.1, -0.05) is 42.5 Å². The Bertz CT molecular complexity index is 959. The van der Waals surface area contributed by atoms with E-state index in [4.69, 9.17) is 9.47 Å². The Morgan fingerprint density at radius 1 is 0.630 bits per heavy atom. The molecule has 0 fully saturated rings. The van der Waals surface area contributed by atoms with Crippen LogP contribution in [0.5, 0.6) is 23.0 Å².